The van der Waals surface area contributed by atoms with Crippen molar-refractivity contribution in [2.75, 3.05) is 25.7 Å². The first-order valence-electron chi connectivity index (χ1n) is 11.0. The topological polar surface area (TPSA) is 68.3 Å². The molecular weight excluding hydrogens is 483 g/mol. The molecule has 1 saturated heterocycles. The largest absolute Gasteiger partial charge is 0.497 e. The molecule has 0 saturated carbocycles. The minimum absolute atomic E-state index is 0.00304. The Kier molecular flexibility index (Phi) is 7.60. The van der Waals surface area contributed by atoms with Crippen LogP contribution in [0, 0.1) is 5.82 Å². The predicted octanol–water partition coefficient (Wildman–Crippen LogP) is 4.56. The van der Waals surface area contributed by atoms with Gasteiger partial charge in [0.05, 0.1) is 19.9 Å². The van der Waals surface area contributed by atoms with Gasteiger partial charge in [0.1, 0.15) is 36.2 Å². The molecule has 0 bridgehead atoms. The van der Waals surface area contributed by atoms with Crippen molar-refractivity contribution in [1.82, 2.24) is 4.90 Å². The van der Waals surface area contributed by atoms with E-state index in [9.17, 15) is 14.0 Å². The highest BCUT2D eigenvalue weighted by Gasteiger charge is 2.40. The number of halogens is 1. The highest BCUT2D eigenvalue weighted by Crippen LogP contribution is 2.32. The standard InChI is InChI=1S/C27H23FN2O5S/c1-33-21-13-11-20(12-14-21)30-26(32)23(29(27(30)36)16-25(31)34-2)15-18-7-4-6-10-24(18)35-17-19-8-3-5-9-22(19)28/h3-15H,16-17H2,1-2H3/b23-15-. The molecule has 184 valence electrons. The molecule has 3 aromatic rings. The second kappa shape index (κ2) is 11.0. The first kappa shape index (κ1) is 24.9. The number of benzene rings is 3. The van der Waals surface area contributed by atoms with E-state index in [1.165, 1.54) is 23.0 Å². The van der Waals surface area contributed by atoms with E-state index in [1.807, 2.05) is 0 Å². The Bertz CT molecular complexity index is 1330. The fraction of sp³-hybridized carbons (Fsp3) is 0.148. The summed E-state index contributed by atoms with van der Waals surface area (Å²) in [6, 6.07) is 20.2. The number of nitrogens with zero attached hydrogens (tertiary/aromatic N) is 2. The SMILES string of the molecule is COC(=O)CN1C(=S)N(c2ccc(OC)cc2)C(=O)/C1=C/c1ccccc1OCc1ccccc1F. The number of methoxy groups -OCH3 is 2. The Morgan fingerprint density at radius 1 is 1.00 bits per heavy atom. The van der Waals surface area contributed by atoms with Crippen LogP contribution in [-0.4, -0.2) is 42.7 Å². The van der Waals surface area contributed by atoms with Crippen molar-refractivity contribution in [3.05, 3.63) is 95.4 Å². The fourth-order valence-electron chi connectivity index (χ4n) is 3.64. The van der Waals surface area contributed by atoms with E-state index in [2.05, 4.69) is 0 Å². The smallest absolute Gasteiger partial charge is 0.325 e. The van der Waals surface area contributed by atoms with Gasteiger partial charge in [0.25, 0.3) is 5.91 Å². The van der Waals surface area contributed by atoms with Gasteiger partial charge in [0.2, 0.25) is 0 Å². The molecule has 0 aliphatic carbocycles. The molecular formula is C27H23FN2O5S. The summed E-state index contributed by atoms with van der Waals surface area (Å²) >= 11 is 5.58. The molecule has 1 heterocycles. The molecule has 4 rings (SSSR count). The Hall–Kier alpha value is -4.24. The Labute approximate surface area is 213 Å². The van der Waals surface area contributed by atoms with E-state index in [0.29, 0.717) is 28.3 Å². The zero-order valence-corrected chi connectivity index (χ0v) is 20.5. The van der Waals surface area contributed by atoms with E-state index >= 15 is 0 Å². The van der Waals surface area contributed by atoms with Gasteiger partial charge in [0, 0.05) is 11.1 Å². The lowest BCUT2D eigenvalue weighted by molar-refractivity contribution is -0.140. The van der Waals surface area contributed by atoms with E-state index in [1.54, 1.807) is 79.9 Å². The Balaban J connectivity index is 1.69. The first-order valence-corrected chi connectivity index (χ1v) is 11.4. The molecule has 1 amide bonds. The van der Waals surface area contributed by atoms with Crippen LogP contribution in [0.25, 0.3) is 6.08 Å². The summed E-state index contributed by atoms with van der Waals surface area (Å²) in [7, 11) is 2.81. The van der Waals surface area contributed by atoms with Crippen molar-refractivity contribution in [3.63, 3.8) is 0 Å². The number of para-hydroxylation sites is 1. The van der Waals surface area contributed by atoms with Gasteiger partial charge in [-0.15, -0.1) is 0 Å². The Morgan fingerprint density at radius 2 is 1.69 bits per heavy atom. The Morgan fingerprint density at radius 3 is 2.39 bits per heavy atom. The molecule has 0 radical (unpaired) electrons. The number of anilines is 1. The van der Waals surface area contributed by atoms with E-state index in [0.717, 1.165) is 0 Å². The lowest BCUT2D eigenvalue weighted by Crippen LogP contribution is -2.35. The van der Waals surface area contributed by atoms with Crippen molar-refractivity contribution >= 4 is 41.0 Å². The van der Waals surface area contributed by atoms with Crippen LogP contribution >= 0.6 is 12.2 Å². The minimum Gasteiger partial charge on any atom is -0.497 e. The predicted molar refractivity (Wildman–Crippen MR) is 137 cm³/mol. The third-order valence-corrected chi connectivity index (χ3v) is 5.94. The summed E-state index contributed by atoms with van der Waals surface area (Å²) in [6.07, 6.45) is 1.60. The van der Waals surface area contributed by atoms with Crippen LogP contribution in [0.1, 0.15) is 11.1 Å². The summed E-state index contributed by atoms with van der Waals surface area (Å²) < 4.78 is 29.9. The number of carbonyl (C=O) groups is 2. The maximum absolute atomic E-state index is 14.1. The van der Waals surface area contributed by atoms with Crippen molar-refractivity contribution in [1.29, 1.82) is 0 Å². The van der Waals surface area contributed by atoms with Gasteiger partial charge in [-0.1, -0.05) is 36.4 Å². The average molecular weight is 507 g/mol. The second-order valence-electron chi connectivity index (χ2n) is 7.73. The van der Waals surface area contributed by atoms with Gasteiger partial charge in [-0.05, 0) is 54.7 Å². The summed E-state index contributed by atoms with van der Waals surface area (Å²) in [5, 5.41) is 0.131. The van der Waals surface area contributed by atoms with Crippen molar-refractivity contribution in [2.24, 2.45) is 0 Å². The van der Waals surface area contributed by atoms with Crippen LogP contribution in [-0.2, 0) is 20.9 Å². The van der Waals surface area contributed by atoms with Crippen LogP contribution in [0.4, 0.5) is 10.1 Å². The van der Waals surface area contributed by atoms with E-state index in [-0.39, 0.29) is 29.8 Å². The van der Waals surface area contributed by atoms with Crippen molar-refractivity contribution in [3.8, 4) is 11.5 Å². The maximum Gasteiger partial charge on any atom is 0.325 e. The van der Waals surface area contributed by atoms with Crippen molar-refractivity contribution in [2.45, 2.75) is 6.61 Å². The molecule has 0 aromatic heterocycles. The van der Waals surface area contributed by atoms with Gasteiger partial charge in [-0.3, -0.25) is 14.5 Å². The molecule has 0 N–H and O–H groups in total. The van der Waals surface area contributed by atoms with Crippen LogP contribution in [0.5, 0.6) is 11.5 Å². The number of ether oxygens (including phenoxy) is 3. The molecule has 0 unspecified atom stereocenters. The highest BCUT2D eigenvalue weighted by atomic mass is 32.1. The number of rotatable bonds is 8. The van der Waals surface area contributed by atoms with Gasteiger partial charge in [-0.2, -0.15) is 0 Å². The lowest BCUT2D eigenvalue weighted by atomic mass is 10.1. The number of hydrogen-bond donors (Lipinski definition) is 0. The number of hydrogen-bond acceptors (Lipinski definition) is 6. The maximum atomic E-state index is 14.1. The number of thiocarbonyl (C=S) groups is 1. The normalized spacial score (nSPS) is 14.4. The molecule has 1 aliphatic heterocycles. The van der Waals surface area contributed by atoms with Crippen LogP contribution in [0.15, 0.2) is 78.5 Å². The zero-order chi connectivity index (χ0) is 25.7. The van der Waals surface area contributed by atoms with Gasteiger partial charge in [0.15, 0.2) is 5.11 Å². The van der Waals surface area contributed by atoms with Crippen LogP contribution in [0.2, 0.25) is 0 Å². The first-order chi connectivity index (χ1) is 17.4. The molecule has 0 spiro atoms. The zero-order valence-electron chi connectivity index (χ0n) is 19.6. The van der Waals surface area contributed by atoms with Gasteiger partial charge < -0.3 is 19.1 Å². The van der Waals surface area contributed by atoms with Crippen LogP contribution < -0.4 is 14.4 Å². The fourth-order valence-corrected chi connectivity index (χ4v) is 3.99. The van der Waals surface area contributed by atoms with E-state index in [4.69, 9.17) is 26.4 Å². The average Bonchev–Trinajstić information content (AvgIpc) is 3.12. The number of esters is 1. The third-order valence-electron chi connectivity index (χ3n) is 5.53. The van der Waals surface area contributed by atoms with Gasteiger partial charge in [-0.25, -0.2) is 4.39 Å². The lowest BCUT2D eigenvalue weighted by Gasteiger charge is -2.19. The summed E-state index contributed by atoms with van der Waals surface area (Å²) in [4.78, 5) is 28.4. The molecule has 1 fully saturated rings. The van der Waals surface area contributed by atoms with E-state index < -0.39 is 11.9 Å². The minimum atomic E-state index is -0.559. The summed E-state index contributed by atoms with van der Waals surface area (Å²) in [5.41, 5.74) is 1.65. The number of amides is 1. The molecule has 0 atom stereocenters. The van der Waals surface area contributed by atoms with Gasteiger partial charge >= 0.3 is 5.97 Å². The second-order valence-corrected chi connectivity index (χ2v) is 8.10. The molecule has 36 heavy (non-hydrogen) atoms. The molecule has 3 aromatic carbocycles. The van der Waals surface area contributed by atoms with Crippen molar-refractivity contribution < 1.29 is 28.2 Å². The molecule has 7 nitrogen and oxygen atoms in total. The number of carbonyl (C=O) groups excluding carboxylic acids is 2. The molecule has 9 heteroatoms. The molecule has 1 aliphatic rings. The highest BCUT2D eigenvalue weighted by molar-refractivity contribution is 7.80. The quantitative estimate of drug-likeness (QED) is 0.252. The van der Waals surface area contributed by atoms with Crippen LogP contribution in [0.3, 0.4) is 0 Å². The summed E-state index contributed by atoms with van der Waals surface area (Å²) in [6.45, 7) is -0.249. The monoisotopic (exact) mass is 506 g/mol. The summed E-state index contributed by atoms with van der Waals surface area (Å²) in [5.74, 6) is -0.286. The third kappa shape index (κ3) is 5.21.